The molecule has 14 heavy (non-hydrogen) atoms. The van der Waals surface area contributed by atoms with Crippen LogP contribution in [0.2, 0.25) is 0 Å². The van der Waals surface area contributed by atoms with Gasteiger partial charge in [-0.1, -0.05) is 0 Å². The zero-order chi connectivity index (χ0) is 10.8. The first-order valence-electron chi connectivity index (χ1n) is 4.27. The molecule has 0 bridgehead atoms. The molecule has 5 nitrogen and oxygen atoms in total. The van der Waals surface area contributed by atoms with E-state index in [0.29, 0.717) is 6.54 Å². The predicted octanol–water partition coefficient (Wildman–Crippen LogP) is 0.00478. The van der Waals surface area contributed by atoms with Crippen LogP contribution in [-0.2, 0) is 9.84 Å². The third-order valence-electron chi connectivity index (χ3n) is 2.14. The number of nitrogens with zero attached hydrogens (tertiary/aromatic N) is 3. The van der Waals surface area contributed by atoms with Gasteiger partial charge in [0.25, 0.3) is 0 Å². The van der Waals surface area contributed by atoms with Crippen molar-refractivity contribution in [3.05, 3.63) is 0 Å². The van der Waals surface area contributed by atoms with E-state index in [4.69, 9.17) is 5.26 Å². The van der Waals surface area contributed by atoms with Crippen molar-refractivity contribution in [2.75, 3.05) is 18.1 Å². The van der Waals surface area contributed by atoms with Crippen LogP contribution >= 0.6 is 0 Å². The summed E-state index contributed by atoms with van der Waals surface area (Å²) in [7, 11) is -2.95. The van der Waals surface area contributed by atoms with E-state index in [-0.39, 0.29) is 11.5 Å². The van der Waals surface area contributed by atoms with Crippen LogP contribution in [0.1, 0.15) is 13.8 Å². The fourth-order valence-corrected chi connectivity index (χ4v) is 3.34. The molecule has 6 heteroatoms. The maximum atomic E-state index is 11.3. The number of nitriles is 1. The van der Waals surface area contributed by atoms with E-state index in [1.807, 2.05) is 0 Å². The van der Waals surface area contributed by atoms with Crippen LogP contribution in [-0.4, -0.2) is 43.2 Å². The number of hydrazone groups is 1. The van der Waals surface area contributed by atoms with E-state index in [9.17, 15) is 8.42 Å². The standard InChI is InChI=1S/C8H13N3O2S/c1-8(2)7-14(12,13)6-5-11(8)10-4-3-9/h4H,5-7H2,1-2H3/b10-4+. The Bertz CT molecular complexity index is 378. The Morgan fingerprint density at radius 2 is 2.21 bits per heavy atom. The Kier molecular flexibility index (Phi) is 2.81. The number of rotatable bonds is 1. The van der Waals surface area contributed by atoms with Crippen molar-refractivity contribution < 1.29 is 8.42 Å². The molecule has 0 saturated carbocycles. The molecule has 1 rings (SSSR count). The van der Waals surface area contributed by atoms with Gasteiger partial charge < -0.3 is 0 Å². The van der Waals surface area contributed by atoms with Crippen LogP contribution in [0, 0.1) is 11.3 Å². The highest BCUT2D eigenvalue weighted by Gasteiger charge is 2.36. The van der Waals surface area contributed by atoms with Gasteiger partial charge in [-0.2, -0.15) is 10.4 Å². The van der Waals surface area contributed by atoms with Crippen molar-refractivity contribution in [2.45, 2.75) is 19.4 Å². The van der Waals surface area contributed by atoms with Gasteiger partial charge in [0.05, 0.1) is 23.6 Å². The van der Waals surface area contributed by atoms with Crippen LogP contribution in [0.3, 0.4) is 0 Å². The molecule has 0 amide bonds. The summed E-state index contributed by atoms with van der Waals surface area (Å²) in [5, 5.41) is 13.9. The first-order chi connectivity index (χ1) is 6.37. The predicted molar refractivity (Wildman–Crippen MR) is 53.5 cm³/mol. The number of sulfone groups is 1. The summed E-state index contributed by atoms with van der Waals surface area (Å²) in [6, 6.07) is 1.79. The minimum absolute atomic E-state index is 0.0861. The molecule has 0 aliphatic carbocycles. The Morgan fingerprint density at radius 1 is 1.57 bits per heavy atom. The largest absolute Gasteiger partial charge is 0.289 e. The quantitative estimate of drug-likeness (QED) is 0.577. The molecule has 1 saturated heterocycles. The van der Waals surface area contributed by atoms with Gasteiger partial charge in [-0.3, -0.25) is 5.01 Å². The lowest BCUT2D eigenvalue weighted by atomic mass is 10.1. The fourth-order valence-electron chi connectivity index (χ4n) is 1.52. The Morgan fingerprint density at radius 3 is 2.71 bits per heavy atom. The Labute approximate surface area is 83.9 Å². The van der Waals surface area contributed by atoms with Crippen molar-refractivity contribution in [1.29, 1.82) is 5.26 Å². The first kappa shape index (κ1) is 11.0. The maximum absolute atomic E-state index is 11.3. The molecule has 0 aromatic rings. The minimum atomic E-state index is -2.95. The molecular weight excluding hydrogens is 202 g/mol. The number of hydrogen-bond donors (Lipinski definition) is 0. The highest BCUT2D eigenvalue weighted by Crippen LogP contribution is 2.22. The minimum Gasteiger partial charge on any atom is -0.289 e. The van der Waals surface area contributed by atoms with Gasteiger partial charge in [-0.15, -0.1) is 0 Å². The molecule has 0 unspecified atom stereocenters. The molecular formula is C8H13N3O2S. The van der Waals surface area contributed by atoms with Crippen LogP contribution in [0.25, 0.3) is 0 Å². The van der Waals surface area contributed by atoms with Gasteiger partial charge in [-0.25, -0.2) is 8.42 Å². The molecule has 1 fully saturated rings. The second kappa shape index (κ2) is 3.58. The van der Waals surface area contributed by atoms with Gasteiger partial charge in [0.15, 0.2) is 9.84 Å². The normalized spacial score (nSPS) is 24.8. The lowest BCUT2D eigenvalue weighted by Gasteiger charge is -2.39. The summed E-state index contributed by atoms with van der Waals surface area (Å²) in [5.74, 6) is 0.196. The van der Waals surface area contributed by atoms with E-state index < -0.39 is 15.4 Å². The summed E-state index contributed by atoms with van der Waals surface area (Å²) in [4.78, 5) is 0. The second-order valence-corrected chi connectivity index (χ2v) is 6.09. The third-order valence-corrected chi connectivity index (χ3v) is 4.09. The fraction of sp³-hybridized carbons (Fsp3) is 0.750. The molecule has 0 aromatic heterocycles. The van der Waals surface area contributed by atoms with Crippen LogP contribution in [0.4, 0.5) is 0 Å². The molecule has 1 heterocycles. The second-order valence-electron chi connectivity index (χ2n) is 3.90. The third kappa shape index (κ3) is 2.45. The number of hydrogen-bond acceptors (Lipinski definition) is 5. The van der Waals surface area contributed by atoms with E-state index in [2.05, 4.69) is 5.10 Å². The lowest BCUT2D eigenvalue weighted by Crippen LogP contribution is -2.52. The van der Waals surface area contributed by atoms with E-state index >= 15 is 0 Å². The van der Waals surface area contributed by atoms with Gasteiger partial charge in [0.1, 0.15) is 12.3 Å². The molecule has 0 N–H and O–H groups in total. The zero-order valence-corrected chi connectivity index (χ0v) is 9.08. The monoisotopic (exact) mass is 215 g/mol. The van der Waals surface area contributed by atoms with Crippen molar-refractivity contribution >= 4 is 16.1 Å². The van der Waals surface area contributed by atoms with Gasteiger partial charge in [-0.05, 0) is 13.8 Å². The van der Waals surface area contributed by atoms with E-state index in [1.54, 1.807) is 24.9 Å². The summed E-state index contributed by atoms with van der Waals surface area (Å²) in [5.41, 5.74) is -0.523. The van der Waals surface area contributed by atoms with Crippen LogP contribution < -0.4 is 0 Å². The van der Waals surface area contributed by atoms with Gasteiger partial charge >= 0.3 is 0 Å². The highest BCUT2D eigenvalue weighted by molar-refractivity contribution is 7.91. The van der Waals surface area contributed by atoms with Gasteiger partial charge in [0, 0.05) is 0 Å². The molecule has 0 spiro atoms. The molecule has 0 atom stereocenters. The van der Waals surface area contributed by atoms with Crippen molar-refractivity contribution in [3.63, 3.8) is 0 Å². The smallest absolute Gasteiger partial charge is 0.154 e. The molecule has 78 valence electrons. The van der Waals surface area contributed by atoms with E-state index in [0.717, 1.165) is 6.21 Å². The Balaban J connectivity index is 2.84. The summed E-state index contributed by atoms with van der Waals surface area (Å²) in [6.45, 7) is 3.96. The molecule has 0 aromatic carbocycles. The van der Waals surface area contributed by atoms with E-state index in [1.165, 1.54) is 0 Å². The summed E-state index contributed by atoms with van der Waals surface area (Å²) >= 11 is 0. The average molecular weight is 215 g/mol. The Hall–Kier alpha value is -1.09. The maximum Gasteiger partial charge on any atom is 0.154 e. The first-order valence-corrected chi connectivity index (χ1v) is 6.10. The van der Waals surface area contributed by atoms with Gasteiger partial charge in [0.2, 0.25) is 0 Å². The topological polar surface area (TPSA) is 73.5 Å². The van der Waals surface area contributed by atoms with Crippen LogP contribution in [0.5, 0.6) is 0 Å². The summed E-state index contributed by atoms with van der Waals surface area (Å²) < 4.78 is 22.7. The van der Waals surface area contributed by atoms with Crippen LogP contribution in [0.15, 0.2) is 5.10 Å². The van der Waals surface area contributed by atoms with Crippen molar-refractivity contribution in [3.8, 4) is 6.07 Å². The SMILES string of the molecule is CC1(C)CS(=O)(=O)CCN1/N=C/C#N. The lowest BCUT2D eigenvalue weighted by molar-refractivity contribution is 0.147. The molecule has 1 aliphatic heterocycles. The molecule has 0 radical (unpaired) electrons. The zero-order valence-electron chi connectivity index (χ0n) is 8.27. The highest BCUT2D eigenvalue weighted by atomic mass is 32.2. The average Bonchev–Trinajstić information content (AvgIpc) is 2.00. The van der Waals surface area contributed by atoms with Crippen molar-refractivity contribution in [2.24, 2.45) is 5.10 Å². The van der Waals surface area contributed by atoms with Crippen molar-refractivity contribution in [1.82, 2.24) is 5.01 Å². The summed E-state index contributed by atoms with van der Waals surface area (Å²) in [6.07, 6.45) is 1.12. The molecule has 1 aliphatic rings.